The van der Waals surface area contributed by atoms with Gasteiger partial charge in [0.2, 0.25) is 0 Å². The van der Waals surface area contributed by atoms with E-state index in [0.717, 1.165) is 12.8 Å². The molecule has 20 heavy (non-hydrogen) atoms. The molecule has 0 aliphatic carbocycles. The van der Waals surface area contributed by atoms with Crippen LogP contribution in [0.3, 0.4) is 0 Å². The average Bonchev–Trinajstić information content (AvgIpc) is 2.43. The minimum Gasteiger partial charge on any atom is -0.466 e. The summed E-state index contributed by atoms with van der Waals surface area (Å²) in [5.41, 5.74) is 0. The van der Waals surface area contributed by atoms with E-state index in [4.69, 9.17) is 4.74 Å². The fourth-order valence-corrected chi connectivity index (χ4v) is 2.23. The molecule has 0 amide bonds. The van der Waals surface area contributed by atoms with Crippen LogP contribution in [0.2, 0.25) is 0 Å². The first kappa shape index (κ1) is 19.1. The summed E-state index contributed by atoms with van der Waals surface area (Å²) in [6.45, 7) is 4.41. The van der Waals surface area contributed by atoms with Crippen molar-refractivity contribution in [1.29, 1.82) is 0 Å². The molecular formula is C17H32O3. The monoisotopic (exact) mass is 284 g/mol. The van der Waals surface area contributed by atoms with Gasteiger partial charge in [0, 0.05) is 12.8 Å². The maximum absolute atomic E-state index is 11.6. The molecule has 3 nitrogen and oxygen atoms in total. The largest absolute Gasteiger partial charge is 0.466 e. The second kappa shape index (κ2) is 14.5. The number of ether oxygens (including phenoxy) is 1. The molecule has 118 valence electrons. The lowest BCUT2D eigenvalue weighted by molar-refractivity contribution is -0.144. The number of rotatable bonds is 14. The highest BCUT2D eigenvalue weighted by Gasteiger charge is 2.07. The number of esters is 1. The van der Waals surface area contributed by atoms with Crippen molar-refractivity contribution in [3.05, 3.63) is 0 Å². The SMILES string of the molecule is CCCCCCCCCCCC(=O)CCC(=O)OCC. The zero-order valence-electron chi connectivity index (χ0n) is 13.4. The van der Waals surface area contributed by atoms with Crippen molar-refractivity contribution in [2.24, 2.45) is 0 Å². The maximum Gasteiger partial charge on any atom is 0.306 e. The van der Waals surface area contributed by atoms with Crippen LogP contribution in [0.25, 0.3) is 0 Å². The van der Waals surface area contributed by atoms with Crippen LogP contribution in [0.15, 0.2) is 0 Å². The van der Waals surface area contributed by atoms with E-state index in [0.29, 0.717) is 19.4 Å². The zero-order chi connectivity index (χ0) is 15.1. The molecule has 0 fully saturated rings. The number of hydrogen-bond donors (Lipinski definition) is 0. The molecule has 0 radical (unpaired) electrons. The highest BCUT2D eigenvalue weighted by molar-refractivity contribution is 5.82. The van der Waals surface area contributed by atoms with Crippen molar-refractivity contribution in [3.8, 4) is 0 Å². The van der Waals surface area contributed by atoms with Gasteiger partial charge in [0.1, 0.15) is 5.78 Å². The summed E-state index contributed by atoms with van der Waals surface area (Å²) >= 11 is 0. The van der Waals surface area contributed by atoms with Gasteiger partial charge in [-0.2, -0.15) is 0 Å². The first-order chi connectivity index (χ1) is 9.70. The van der Waals surface area contributed by atoms with Gasteiger partial charge in [-0.15, -0.1) is 0 Å². The lowest BCUT2D eigenvalue weighted by atomic mass is 10.0. The van der Waals surface area contributed by atoms with E-state index in [9.17, 15) is 9.59 Å². The van der Waals surface area contributed by atoms with Crippen molar-refractivity contribution >= 4 is 11.8 Å². The summed E-state index contributed by atoms with van der Waals surface area (Å²) in [5, 5.41) is 0. The van der Waals surface area contributed by atoms with Gasteiger partial charge in [-0.1, -0.05) is 58.3 Å². The van der Waals surface area contributed by atoms with Crippen molar-refractivity contribution in [2.45, 2.75) is 90.9 Å². The highest BCUT2D eigenvalue weighted by Crippen LogP contribution is 2.11. The Hall–Kier alpha value is -0.860. The molecule has 0 aromatic rings. The zero-order valence-corrected chi connectivity index (χ0v) is 13.4. The summed E-state index contributed by atoms with van der Waals surface area (Å²) in [4.78, 5) is 22.6. The highest BCUT2D eigenvalue weighted by atomic mass is 16.5. The molecule has 3 heteroatoms. The molecule has 0 unspecified atom stereocenters. The van der Waals surface area contributed by atoms with Crippen LogP contribution in [0.5, 0.6) is 0 Å². The third kappa shape index (κ3) is 13.6. The third-order valence-electron chi connectivity index (χ3n) is 3.47. The standard InChI is InChI=1S/C17H32O3/c1-3-5-6-7-8-9-10-11-12-13-16(18)14-15-17(19)20-4-2/h3-15H2,1-2H3. The number of unbranched alkanes of at least 4 members (excludes halogenated alkanes) is 8. The van der Waals surface area contributed by atoms with E-state index in [-0.39, 0.29) is 18.2 Å². The first-order valence-electron chi connectivity index (χ1n) is 8.38. The topological polar surface area (TPSA) is 43.4 Å². The summed E-state index contributed by atoms with van der Waals surface area (Å²) in [7, 11) is 0. The molecule has 0 saturated carbocycles. The molecule has 0 aromatic heterocycles. The molecular weight excluding hydrogens is 252 g/mol. The van der Waals surface area contributed by atoms with Crippen LogP contribution >= 0.6 is 0 Å². The van der Waals surface area contributed by atoms with Crippen molar-refractivity contribution in [3.63, 3.8) is 0 Å². The lowest BCUT2D eigenvalue weighted by Gasteiger charge is -2.03. The lowest BCUT2D eigenvalue weighted by Crippen LogP contribution is -2.07. The Labute approximate surface area is 124 Å². The first-order valence-corrected chi connectivity index (χ1v) is 8.38. The van der Waals surface area contributed by atoms with E-state index >= 15 is 0 Å². The molecule has 0 aliphatic heterocycles. The molecule has 0 N–H and O–H groups in total. The number of Topliss-reactive ketones (excluding diaryl/α,β-unsaturated/α-hetero) is 1. The Morgan fingerprint density at radius 3 is 1.80 bits per heavy atom. The molecule has 0 rings (SSSR count). The Kier molecular flexibility index (Phi) is 13.9. The molecule has 0 atom stereocenters. The fourth-order valence-electron chi connectivity index (χ4n) is 2.23. The molecule has 0 spiro atoms. The molecule has 0 heterocycles. The predicted molar refractivity (Wildman–Crippen MR) is 82.7 cm³/mol. The number of carbonyl (C=O) groups is 2. The van der Waals surface area contributed by atoms with Gasteiger partial charge in [0.05, 0.1) is 13.0 Å². The van der Waals surface area contributed by atoms with Gasteiger partial charge in [-0.25, -0.2) is 0 Å². The Morgan fingerprint density at radius 2 is 1.25 bits per heavy atom. The third-order valence-corrected chi connectivity index (χ3v) is 3.47. The maximum atomic E-state index is 11.6. The fraction of sp³-hybridized carbons (Fsp3) is 0.882. The van der Waals surface area contributed by atoms with E-state index in [1.54, 1.807) is 6.92 Å². The van der Waals surface area contributed by atoms with Crippen LogP contribution in [-0.2, 0) is 14.3 Å². The van der Waals surface area contributed by atoms with E-state index in [2.05, 4.69) is 6.92 Å². The van der Waals surface area contributed by atoms with Crippen LogP contribution in [0.1, 0.15) is 90.9 Å². The second-order valence-electron chi connectivity index (χ2n) is 5.42. The van der Waals surface area contributed by atoms with Gasteiger partial charge in [0.25, 0.3) is 0 Å². The summed E-state index contributed by atoms with van der Waals surface area (Å²) in [5.74, 6) is -0.0612. The molecule has 0 aliphatic rings. The predicted octanol–water partition coefficient (Wildman–Crippen LogP) is 4.82. The minimum absolute atomic E-state index is 0.195. The van der Waals surface area contributed by atoms with Crippen molar-refractivity contribution < 1.29 is 14.3 Å². The van der Waals surface area contributed by atoms with Crippen molar-refractivity contribution in [2.75, 3.05) is 6.61 Å². The smallest absolute Gasteiger partial charge is 0.306 e. The minimum atomic E-state index is -0.257. The number of ketones is 1. The average molecular weight is 284 g/mol. The second-order valence-corrected chi connectivity index (χ2v) is 5.42. The van der Waals surface area contributed by atoms with Crippen LogP contribution in [0.4, 0.5) is 0 Å². The Bertz CT molecular complexity index is 249. The van der Waals surface area contributed by atoms with E-state index in [1.165, 1.54) is 44.9 Å². The van der Waals surface area contributed by atoms with Crippen molar-refractivity contribution in [1.82, 2.24) is 0 Å². The van der Waals surface area contributed by atoms with Crippen LogP contribution < -0.4 is 0 Å². The molecule has 0 saturated heterocycles. The van der Waals surface area contributed by atoms with Gasteiger partial charge < -0.3 is 4.74 Å². The van der Waals surface area contributed by atoms with Gasteiger partial charge in [0.15, 0.2) is 0 Å². The van der Waals surface area contributed by atoms with Crippen LogP contribution in [-0.4, -0.2) is 18.4 Å². The van der Waals surface area contributed by atoms with Crippen LogP contribution in [0, 0.1) is 0 Å². The summed E-state index contributed by atoms with van der Waals surface area (Å²) < 4.78 is 4.80. The molecule has 0 aromatic carbocycles. The summed E-state index contributed by atoms with van der Waals surface area (Å²) in [6, 6.07) is 0. The van der Waals surface area contributed by atoms with Gasteiger partial charge in [-0.3, -0.25) is 9.59 Å². The van der Waals surface area contributed by atoms with E-state index < -0.39 is 0 Å². The number of carbonyl (C=O) groups excluding carboxylic acids is 2. The summed E-state index contributed by atoms with van der Waals surface area (Å²) in [6.07, 6.45) is 12.5. The van der Waals surface area contributed by atoms with Gasteiger partial charge in [-0.05, 0) is 13.3 Å². The quantitative estimate of drug-likeness (QED) is 0.339. The Balaban J connectivity index is 3.25. The van der Waals surface area contributed by atoms with E-state index in [1.807, 2.05) is 0 Å². The number of hydrogen-bond acceptors (Lipinski definition) is 3. The Morgan fingerprint density at radius 1 is 0.700 bits per heavy atom. The molecule has 0 bridgehead atoms. The normalized spacial score (nSPS) is 10.5. The van der Waals surface area contributed by atoms with Gasteiger partial charge >= 0.3 is 5.97 Å².